The van der Waals surface area contributed by atoms with Gasteiger partial charge in [0.15, 0.2) is 0 Å². The molecule has 18 heteroatoms. The normalized spacial score (nSPS) is 10.8. The Balaban J connectivity index is 0.000000698. The molecule has 0 amide bonds. The van der Waals surface area contributed by atoms with Gasteiger partial charge in [-0.15, -0.1) is 35.3 Å². The van der Waals surface area contributed by atoms with Gasteiger partial charge in [0.2, 0.25) is 0 Å². The van der Waals surface area contributed by atoms with Crippen LogP contribution in [-0.2, 0) is 28.8 Å². The molecular formula is C75H120O15S3. The SMILES string of the molecule is O=C(O)CCCCCCCCCCCCCCCSc1ccccc1OCCCC(=O)O.O=C(O)CCCCCCCCCCCCCCSc1ccccc1OCCCC(=O)O.O=C(O)CCCCCCCCCCCCCSc1ccccc1OCCCC(=O)O. The number of aliphatic carboxylic acids is 6. The van der Waals surface area contributed by atoms with Crippen LogP contribution < -0.4 is 14.2 Å². The maximum Gasteiger partial charge on any atom is 0.303 e. The number of benzene rings is 3. The smallest absolute Gasteiger partial charge is 0.303 e. The monoisotopic (exact) mass is 1360 g/mol. The molecule has 3 aromatic carbocycles. The molecule has 0 heterocycles. The molecule has 6 N–H and O–H groups in total. The molecule has 3 aromatic rings. The first kappa shape index (κ1) is 85.9. The number of para-hydroxylation sites is 3. The van der Waals surface area contributed by atoms with E-state index in [1.54, 1.807) is 0 Å². The molecule has 0 radical (unpaired) electrons. The lowest BCUT2D eigenvalue weighted by atomic mass is 10.0. The van der Waals surface area contributed by atoms with Crippen molar-refractivity contribution < 1.29 is 73.6 Å². The van der Waals surface area contributed by atoms with Crippen molar-refractivity contribution in [1.29, 1.82) is 0 Å². The Morgan fingerprint density at radius 3 is 0.581 bits per heavy atom. The van der Waals surface area contributed by atoms with Gasteiger partial charge in [-0.3, -0.25) is 28.8 Å². The van der Waals surface area contributed by atoms with Crippen LogP contribution in [-0.4, -0.2) is 104 Å². The second-order valence-electron chi connectivity index (χ2n) is 24.1. The third-order valence-corrected chi connectivity index (χ3v) is 19.0. The van der Waals surface area contributed by atoms with Crippen LogP contribution >= 0.6 is 35.3 Å². The molecule has 0 aliphatic heterocycles. The first-order valence-corrected chi connectivity index (χ1v) is 38.6. The summed E-state index contributed by atoms with van der Waals surface area (Å²) in [6.45, 7) is 1.32. The zero-order valence-electron chi connectivity index (χ0n) is 56.6. The molecule has 0 spiro atoms. The van der Waals surface area contributed by atoms with Gasteiger partial charge in [-0.05, 0) is 111 Å². The van der Waals surface area contributed by atoms with Crippen molar-refractivity contribution in [2.24, 2.45) is 0 Å². The summed E-state index contributed by atoms with van der Waals surface area (Å²) in [6.07, 6.45) is 46.6. The quantitative estimate of drug-likeness (QED) is 0.0227. The Morgan fingerprint density at radius 1 is 0.226 bits per heavy atom. The molecule has 15 nitrogen and oxygen atoms in total. The van der Waals surface area contributed by atoms with Crippen molar-refractivity contribution in [2.75, 3.05) is 37.1 Å². The fourth-order valence-corrected chi connectivity index (χ4v) is 13.3. The summed E-state index contributed by atoms with van der Waals surface area (Å²) in [5, 5.41) is 51.9. The highest BCUT2D eigenvalue weighted by Crippen LogP contribution is 2.33. The van der Waals surface area contributed by atoms with Crippen molar-refractivity contribution in [3.05, 3.63) is 72.8 Å². The number of carbonyl (C=O) groups is 6. The first-order chi connectivity index (χ1) is 45.3. The van der Waals surface area contributed by atoms with E-state index in [4.69, 9.17) is 44.8 Å². The number of thioether (sulfide) groups is 3. The van der Waals surface area contributed by atoms with Crippen LogP contribution in [0.4, 0.5) is 0 Å². The minimum atomic E-state index is -0.783. The van der Waals surface area contributed by atoms with Gasteiger partial charge in [-0.2, -0.15) is 0 Å². The van der Waals surface area contributed by atoms with E-state index in [0.717, 1.165) is 94.1 Å². The zero-order valence-corrected chi connectivity index (χ0v) is 59.0. The minimum Gasteiger partial charge on any atom is -0.492 e. The summed E-state index contributed by atoms with van der Waals surface area (Å²) in [5.41, 5.74) is 0. The molecule has 528 valence electrons. The van der Waals surface area contributed by atoms with Crippen LogP contribution in [0.2, 0.25) is 0 Å². The van der Waals surface area contributed by atoms with Gasteiger partial charge in [0.1, 0.15) is 17.2 Å². The summed E-state index contributed by atoms with van der Waals surface area (Å²) in [5.74, 6) is 1.44. The average Bonchev–Trinajstić information content (AvgIpc) is 1.59. The molecule has 0 aliphatic carbocycles. The van der Waals surface area contributed by atoms with E-state index in [-0.39, 0.29) is 19.3 Å². The molecule has 0 aromatic heterocycles. The van der Waals surface area contributed by atoms with E-state index < -0.39 is 35.8 Å². The molecule has 93 heavy (non-hydrogen) atoms. The Morgan fingerprint density at radius 2 is 0.387 bits per heavy atom. The van der Waals surface area contributed by atoms with E-state index in [1.807, 2.05) is 89.9 Å². The van der Waals surface area contributed by atoms with Gasteiger partial charge in [0.05, 0.1) is 19.8 Å². The predicted molar refractivity (Wildman–Crippen MR) is 382 cm³/mol. The lowest BCUT2D eigenvalue weighted by molar-refractivity contribution is -0.138. The fourth-order valence-electron chi connectivity index (χ4n) is 10.3. The number of unbranched alkanes of at least 4 members (excludes halogenated alkanes) is 33. The number of rotatable bonds is 63. The largest absolute Gasteiger partial charge is 0.492 e. The molecule has 0 saturated carbocycles. The van der Waals surface area contributed by atoms with E-state index in [2.05, 4.69) is 18.2 Å². The lowest BCUT2D eigenvalue weighted by Gasteiger charge is -2.10. The van der Waals surface area contributed by atoms with Gasteiger partial charge >= 0.3 is 35.8 Å². The zero-order chi connectivity index (χ0) is 67.7. The number of carboxylic acids is 6. The first-order valence-electron chi connectivity index (χ1n) is 35.6. The van der Waals surface area contributed by atoms with Crippen LogP contribution in [0.15, 0.2) is 87.5 Å². The highest BCUT2D eigenvalue weighted by Gasteiger charge is 2.09. The Hall–Kier alpha value is -5.07. The average molecular weight is 1360 g/mol. The van der Waals surface area contributed by atoms with Gasteiger partial charge in [-0.1, -0.05) is 229 Å². The molecule has 0 unspecified atom stereocenters. The minimum absolute atomic E-state index is 0.141. The van der Waals surface area contributed by atoms with Crippen LogP contribution in [0.3, 0.4) is 0 Å². The molecule has 0 fully saturated rings. The molecular weight excluding hydrogens is 1240 g/mol. The van der Waals surface area contributed by atoms with E-state index in [0.29, 0.717) is 58.3 Å². The van der Waals surface area contributed by atoms with Gasteiger partial charge < -0.3 is 44.8 Å². The van der Waals surface area contributed by atoms with Gasteiger partial charge in [0, 0.05) is 53.2 Å². The molecule has 0 atom stereocenters. The maximum atomic E-state index is 10.6. The Bertz CT molecular complexity index is 2320. The number of carboxylic acid groups (broad SMARTS) is 6. The van der Waals surface area contributed by atoms with Crippen molar-refractivity contribution in [1.82, 2.24) is 0 Å². The number of hydrogen-bond acceptors (Lipinski definition) is 12. The standard InChI is InChI=1S/C26H42O5S.C25H40O5S.C24H38O5S/c27-25(28)19-12-10-8-6-4-2-1-3-5-7-9-11-15-22-32-24-18-14-13-17-23(24)31-21-16-20-26(29)30;26-24(27)18-11-9-7-5-3-1-2-4-6-8-10-14-21-31-23-17-13-12-16-22(23)30-20-15-19-25(28)29;25-23(26)17-10-8-6-4-2-1-3-5-7-9-13-20-30-22-16-12-11-15-21(22)29-19-14-18-24(27)28/h13-14,17-18H,1-12,15-16,19-22H2,(H,27,28)(H,29,30);12-13,16-17H,1-11,14-15,18-21H2,(H,26,27)(H,28,29);11-12,15-16H,1-10,13-14,17-20H2,(H,25,26)(H,27,28). The third kappa shape index (κ3) is 59.2. The second kappa shape index (κ2) is 64.3. The summed E-state index contributed by atoms with van der Waals surface area (Å²) in [4.78, 5) is 66.5. The molecule has 0 saturated heterocycles. The maximum absolute atomic E-state index is 10.6. The highest BCUT2D eigenvalue weighted by molar-refractivity contribution is 7.99. The Labute approximate surface area is 572 Å². The summed E-state index contributed by atoms with van der Waals surface area (Å²) >= 11 is 5.46. The van der Waals surface area contributed by atoms with Crippen molar-refractivity contribution in [3.8, 4) is 17.2 Å². The van der Waals surface area contributed by atoms with Crippen molar-refractivity contribution in [2.45, 2.75) is 304 Å². The van der Waals surface area contributed by atoms with Gasteiger partial charge in [0.25, 0.3) is 0 Å². The molecule has 0 aliphatic rings. The van der Waals surface area contributed by atoms with E-state index in [9.17, 15) is 28.8 Å². The van der Waals surface area contributed by atoms with Crippen LogP contribution in [0.5, 0.6) is 17.2 Å². The molecule has 0 bridgehead atoms. The number of hydrogen-bond donors (Lipinski definition) is 6. The second-order valence-corrected chi connectivity index (χ2v) is 27.5. The van der Waals surface area contributed by atoms with E-state index >= 15 is 0 Å². The van der Waals surface area contributed by atoms with Crippen LogP contribution in [0, 0.1) is 0 Å². The van der Waals surface area contributed by atoms with Crippen molar-refractivity contribution >= 4 is 71.1 Å². The van der Waals surface area contributed by atoms with Gasteiger partial charge in [-0.25, -0.2) is 0 Å². The van der Waals surface area contributed by atoms with Crippen LogP contribution in [0.1, 0.15) is 289 Å². The summed E-state index contributed by atoms with van der Waals surface area (Å²) in [7, 11) is 0. The Kier molecular flexibility index (Phi) is 59.4. The summed E-state index contributed by atoms with van der Waals surface area (Å²) in [6, 6.07) is 24.0. The highest BCUT2D eigenvalue weighted by atomic mass is 32.2. The number of ether oxygens (including phenoxy) is 3. The molecule has 3 rings (SSSR count). The van der Waals surface area contributed by atoms with E-state index in [1.165, 1.54) is 186 Å². The van der Waals surface area contributed by atoms with Crippen molar-refractivity contribution in [3.63, 3.8) is 0 Å². The van der Waals surface area contributed by atoms with Crippen LogP contribution in [0.25, 0.3) is 0 Å². The fraction of sp³-hybridized carbons (Fsp3) is 0.680. The predicted octanol–water partition coefficient (Wildman–Crippen LogP) is 21.5. The topological polar surface area (TPSA) is 251 Å². The third-order valence-electron chi connectivity index (χ3n) is 15.6. The lowest BCUT2D eigenvalue weighted by Crippen LogP contribution is -2.02. The summed E-state index contributed by atoms with van der Waals surface area (Å²) < 4.78 is 17.3.